The molecule has 3 heterocycles. The zero-order valence-electron chi connectivity index (χ0n) is 37.1. The van der Waals surface area contributed by atoms with Crippen LogP contribution in [0.25, 0.3) is 12.2 Å². The van der Waals surface area contributed by atoms with E-state index in [0.29, 0.717) is 67.8 Å². The number of rotatable bonds is 20. The van der Waals surface area contributed by atoms with Gasteiger partial charge in [0, 0.05) is 55.7 Å². The number of nitrogens with one attached hydrogen (secondary N) is 3. The van der Waals surface area contributed by atoms with Gasteiger partial charge in [-0.15, -0.1) is 0 Å². The van der Waals surface area contributed by atoms with Gasteiger partial charge < -0.3 is 29.7 Å². The standard InChI is InChI=1S/C50H47Cl4N5O10/c51-38-10-6-31(24-40(38)53)22-33-28-58(29-34(46(33)62)23-32-7-11-39(52)41(54)25-32)50(66)42(26-30-4-2-1-3-5-30)56-45(61)14-16-67-18-20-69-21-19-68-17-15-55-35-8-9-36-37(27-35)49(65)59(48(36)64)43-12-13-44(60)57-47(43)63/h1-11,22-25,27,42-43,55H,12-21,26,28-29H2,(H,56,61)(H,57,60,63). The Labute approximate surface area is 418 Å². The van der Waals surface area contributed by atoms with Gasteiger partial charge in [0.25, 0.3) is 11.8 Å². The molecule has 4 aromatic rings. The lowest BCUT2D eigenvalue weighted by atomic mass is 9.93. The second-order valence-electron chi connectivity index (χ2n) is 16.2. The van der Waals surface area contributed by atoms with Crippen LogP contribution >= 0.6 is 46.4 Å². The largest absolute Gasteiger partial charge is 0.383 e. The van der Waals surface area contributed by atoms with Gasteiger partial charge in [-0.3, -0.25) is 43.8 Å². The summed E-state index contributed by atoms with van der Waals surface area (Å²) in [6.45, 7) is 1.78. The number of ether oxygens (including phenoxy) is 3. The van der Waals surface area contributed by atoms with Crippen molar-refractivity contribution in [2.24, 2.45) is 0 Å². The Hall–Kier alpha value is -5.91. The lowest BCUT2D eigenvalue weighted by Gasteiger charge is -2.33. The predicted molar refractivity (Wildman–Crippen MR) is 261 cm³/mol. The van der Waals surface area contributed by atoms with E-state index in [4.69, 9.17) is 60.6 Å². The fourth-order valence-electron chi connectivity index (χ4n) is 7.89. The summed E-state index contributed by atoms with van der Waals surface area (Å²) in [4.78, 5) is 94.1. The molecule has 2 unspecified atom stereocenters. The molecule has 69 heavy (non-hydrogen) atoms. The number of piperidine rings is 2. The molecule has 2 fully saturated rings. The van der Waals surface area contributed by atoms with Crippen molar-refractivity contribution in [1.29, 1.82) is 0 Å². The molecule has 4 aromatic carbocycles. The molecule has 2 atom stereocenters. The van der Waals surface area contributed by atoms with Crippen LogP contribution in [0.1, 0.15) is 56.7 Å². The van der Waals surface area contributed by atoms with E-state index in [1.54, 1.807) is 65.6 Å². The maximum Gasteiger partial charge on any atom is 0.262 e. The number of benzene rings is 4. The van der Waals surface area contributed by atoms with Crippen molar-refractivity contribution < 1.29 is 47.8 Å². The zero-order valence-corrected chi connectivity index (χ0v) is 40.1. The Balaban J connectivity index is 0.853. The summed E-state index contributed by atoms with van der Waals surface area (Å²) >= 11 is 24.9. The highest BCUT2D eigenvalue weighted by atomic mass is 35.5. The normalized spacial score (nSPS) is 17.6. The van der Waals surface area contributed by atoms with Gasteiger partial charge in [0.05, 0.1) is 70.9 Å². The van der Waals surface area contributed by atoms with Crippen molar-refractivity contribution in [2.75, 3.05) is 64.6 Å². The molecular weight excluding hydrogens is 972 g/mol. The van der Waals surface area contributed by atoms with E-state index in [0.717, 1.165) is 10.5 Å². The number of fused-ring (bicyclic) bond motifs is 1. The molecule has 6 amide bonds. The molecule has 3 aliphatic heterocycles. The summed E-state index contributed by atoms with van der Waals surface area (Å²) in [6.07, 6.45) is 3.64. The predicted octanol–water partition coefficient (Wildman–Crippen LogP) is 6.86. The van der Waals surface area contributed by atoms with Gasteiger partial charge in [-0.2, -0.15) is 0 Å². The Bertz CT molecular complexity index is 2620. The van der Waals surface area contributed by atoms with E-state index >= 15 is 0 Å². The minimum absolute atomic E-state index is 0.0229. The van der Waals surface area contributed by atoms with Gasteiger partial charge in [0.15, 0.2) is 5.78 Å². The molecular formula is C50H47Cl4N5O10. The monoisotopic (exact) mass is 1020 g/mol. The molecule has 7 rings (SSSR count). The number of likely N-dealkylation sites (tertiary alicyclic amines) is 1. The number of amides is 6. The first-order valence-electron chi connectivity index (χ1n) is 22.1. The van der Waals surface area contributed by atoms with Crippen molar-refractivity contribution in [3.63, 3.8) is 0 Å². The summed E-state index contributed by atoms with van der Waals surface area (Å²) in [7, 11) is 0. The van der Waals surface area contributed by atoms with E-state index in [9.17, 15) is 33.6 Å². The van der Waals surface area contributed by atoms with Crippen molar-refractivity contribution in [3.8, 4) is 0 Å². The quantitative estimate of drug-likeness (QED) is 0.0477. The van der Waals surface area contributed by atoms with Gasteiger partial charge >= 0.3 is 0 Å². The molecule has 0 aliphatic carbocycles. The maximum atomic E-state index is 14.5. The number of hydrogen-bond donors (Lipinski definition) is 3. The third-order valence-electron chi connectivity index (χ3n) is 11.3. The van der Waals surface area contributed by atoms with Crippen molar-refractivity contribution in [1.82, 2.24) is 20.4 Å². The van der Waals surface area contributed by atoms with Crippen molar-refractivity contribution in [2.45, 2.75) is 37.8 Å². The second-order valence-corrected chi connectivity index (χ2v) is 17.9. The number of Topliss-reactive ketones (excluding diaryl/α,β-unsaturated/α-hetero) is 1. The van der Waals surface area contributed by atoms with Crippen LogP contribution in [0, 0.1) is 0 Å². The fourth-order valence-corrected chi connectivity index (χ4v) is 8.51. The summed E-state index contributed by atoms with van der Waals surface area (Å²) in [5.41, 5.74) is 3.69. The topological polar surface area (TPSA) is 190 Å². The molecule has 0 saturated carbocycles. The molecule has 0 spiro atoms. The molecule has 3 N–H and O–H groups in total. The smallest absolute Gasteiger partial charge is 0.262 e. The fraction of sp³-hybridized carbons (Fsp3) is 0.300. The van der Waals surface area contributed by atoms with Crippen LogP contribution in [-0.4, -0.2) is 122 Å². The minimum Gasteiger partial charge on any atom is -0.383 e. The van der Waals surface area contributed by atoms with Gasteiger partial charge in [-0.25, -0.2) is 0 Å². The highest BCUT2D eigenvalue weighted by molar-refractivity contribution is 6.42. The molecule has 15 nitrogen and oxygen atoms in total. The van der Waals surface area contributed by atoms with E-state index < -0.39 is 41.6 Å². The van der Waals surface area contributed by atoms with Gasteiger partial charge in [-0.1, -0.05) is 88.9 Å². The molecule has 2 saturated heterocycles. The van der Waals surface area contributed by atoms with Crippen LogP contribution < -0.4 is 16.0 Å². The van der Waals surface area contributed by atoms with Gasteiger partial charge in [0.2, 0.25) is 23.6 Å². The number of hydrogen-bond acceptors (Lipinski definition) is 11. The summed E-state index contributed by atoms with van der Waals surface area (Å²) in [6, 6.07) is 22.0. The lowest BCUT2D eigenvalue weighted by molar-refractivity contribution is -0.137. The number of anilines is 1. The zero-order chi connectivity index (χ0) is 49.0. The first-order chi connectivity index (χ1) is 33.2. The van der Waals surface area contributed by atoms with Crippen LogP contribution in [0.4, 0.5) is 5.69 Å². The molecule has 3 aliphatic rings. The van der Waals surface area contributed by atoms with Gasteiger partial charge in [-0.05, 0) is 77.7 Å². The molecule has 360 valence electrons. The highest BCUT2D eigenvalue weighted by Crippen LogP contribution is 2.31. The molecule has 0 bridgehead atoms. The van der Waals surface area contributed by atoms with Crippen LogP contribution in [0.3, 0.4) is 0 Å². The van der Waals surface area contributed by atoms with Crippen LogP contribution in [0.2, 0.25) is 20.1 Å². The average Bonchev–Trinajstić information content (AvgIpc) is 3.57. The third-order valence-corrected chi connectivity index (χ3v) is 12.8. The molecule has 0 aromatic heterocycles. The SMILES string of the molecule is O=C1CCC(N2C(=O)c3ccc(NCCOCCOCCOCCC(=O)NC(Cc4ccccc4)C(=O)N4CC(=Cc5ccc(Cl)c(Cl)c5)C(=O)C(=Cc5ccc(Cl)c(Cl)c5)C4)cc3C2=O)C(=O)N1. The lowest BCUT2D eigenvalue weighted by Crippen LogP contribution is -2.54. The Morgan fingerprint density at radius 3 is 1.90 bits per heavy atom. The highest BCUT2D eigenvalue weighted by Gasteiger charge is 2.44. The molecule has 0 radical (unpaired) electrons. The summed E-state index contributed by atoms with van der Waals surface area (Å²) < 4.78 is 16.9. The second kappa shape index (κ2) is 24.1. The average molecular weight is 1020 g/mol. The maximum absolute atomic E-state index is 14.5. The summed E-state index contributed by atoms with van der Waals surface area (Å²) in [5, 5.41) is 9.57. The van der Waals surface area contributed by atoms with Crippen LogP contribution in [-0.2, 0) is 44.6 Å². The third kappa shape index (κ3) is 13.5. The Kier molecular flexibility index (Phi) is 17.8. The van der Waals surface area contributed by atoms with E-state index in [1.165, 1.54) is 6.07 Å². The number of imide groups is 2. The summed E-state index contributed by atoms with van der Waals surface area (Å²) in [5.74, 6) is -3.30. The molecule has 19 heteroatoms. The van der Waals surface area contributed by atoms with Crippen molar-refractivity contribution in [3.05, 3.63) is 144 Å². The number of ketones is 1. The first-order valence-corrected chi connectivity index (χ1v) is 23.6. The van der Waals surface area contributed by atoms with Gasteiger partial charge in [0.1, 0.15) is 12.1 Å². The van der Waals surface area contributed by atoms with E-state index in [2.05, 4.69) is 16.0 Å². The van der Waals surface area contributed by atoms with E-state index in [-0.39, 0.29) is 88.0 Å². The number of carbonyl (C=O) groups excluding carboxylic acids is 7. The van der Waals surface area contributed by atoms with Crippen LogP contribution in [0.5, 0.6) is 0 Å². The van der Waals surface area contributed by atoms with E-state index in [1.807, 2.05) is 30.3 Å². The van der Waals surface area contributed by atoms with Crippen LogP contribution in [0.15, 0.2) is 96.1 Å². The minimum atomic E-state index is -1.03. The number of carbonyl (C=O) groups is 7. The van der Waals surface area contributed by atoms with Crippen molar-refractivity contribution >= 4 is 105 Å². The number of nitrogens with zero attached hydrogens (tertiary/aromatic N) is 2. The number of halogens is 4. The Morgan fingerprint density at radius 1 is 0.696 bits per heavy atom. The Morgan fingerprint density at radius 2 is 1.29 bits per heavy atom. The first kappa shape index (κ1) is 51.0.